The maximum absolute atomic E-state index is 14.3. The fraction of sp³-hybridized carbons (Fsp3) is 0.875. The van der Waals surface area contributed by atoms with Crippen LogP contribution in [-0.2, 0) is 20.0 Å². The van der Waals surface area contributed by atoms with E-state index in [4.69, 9.17) is 21.0 Å². The lowest BCUT2D eigenvalue weighted by Gasteiger charge is -2.32. The van der Waals surface area contributed by atoms with Crippen molar-refractivity contribution in [3.63, 3.8) is 0 Å². The van der Waals surface area contributed by atoms with Crippen molar-refractivity contribution in [2.24, 2.45) is 0 Å². The standard InChI is InChI=1S/C32H56N6O4S2/c1-2-3-4-5-14-23-32(43(39,40)37(28-19-10-6-15-24-33)29-20-11-7-16-25-34)44(41,42)38(30-21-12-8-17-26-35)31-22-13-9-18-27-36/h32H,2-23,28-31H2,1H3. The Balaban J connectivity index is 6.22. The zero-order valence-electron chi connectivity index (χ0n) is 27.1. The number of nitrogens with zero attached hydrogens (tertiary/aromatic N) is 6. The molecule has 0 unspecified atom stereocenters. The van der Waals surface area contributed by atoms with E-state index in [2.05, 4.69) is 31.2 Å². The normalized spacial score (nSPS) is 11.8. The summed E-state index contributed by atoms with van der Waals surface area (Å²) in [6.07, 6.45) is 13.4. The van der Waals surface area contributed by atoms with E-state index < -0.39 is 24.6 Å². The first kappa shape index (κ1) is 41.8. The highest BCUT2D eigenvalue weighted by Gasteiger charge is 2.43. The van der Waals surface area contributed by atoms with Crippen LogP contribution in [0.2, 0.25) is 0 Å². The first-order valence-electron chi connectivity index (χ1n) is 16.7. The lowest BCUT2D eigenvalue weighted by Crippen LogP contribution is -2.49. The molecule has 0 aromatic rings. The first-order chi connectivity index (χ1) is 21.2. The van der Waals surface area contributed by atoms with Gasteiger partial charge in [0.15, 0.2) is 4.58 Å². The number of unbranched alkanes of at least 4 members (excludes halogenated alkanes) is 16. The van der Waals surface area contributed by atoms with Crippen LogP contribution in [-0.4, -0.2) is 56.2 Å². The van der Waals surface area contributed by atoms with E-state index in [9.17, 15) is 16.8 Å². The van der Waals surface area contributed by atoms with Crippen LogP contribution < -0.4 is 0 Å². The summed E-state index contributed by atoms with van der Waals surface area (Å²) in [6.45, 7) is 2.91. The van der Waals surface area contributed by atoms with Gasteiger partial charge in [-0.15, -0.1) is 0 Å². The number of hydrogen-bond donors (Lipinski definition) is 0. The topological polar surface area (TPSA) is 170 Å². The molecule has 0 aromatic carbocycles. The third kappa shape index (κ3) is 18.6. The highest BCUT2D eigenvalue weighted by Crippen LogP contribution is 2.27. The predicted molar refractivity (Wildman–Crippen MR) is 174 cm³/mol. The molecule has 0 rings (SSSR count). The second-order valence-electron chi connectivity index (χ2n) is 11.4. The van der Waals surface area contributed by atoms with Gasteiger partial charge in [0.25, 0.3) is 0 Å². The Morgan fingerprint density at radius 1 is 0.455 bits per heavy atom. The zero-order chi connectivity index (χ0) is 32.9. The van der Waals surface area contributed by atoms with Gasteiger partial charge in [-0.1, -0.05) is 64.7 Å². The van der Waals surface area contributed by atoms with E-state index in [1.54, 1.807) is 0 Å². The average Bonchev–Trinajstić information content (AvgIpc) is 2.99. The molecule has 0 aliphatic rings. The zero-order valence-corrected chi connectivity index (χ0v) is 28.7. The number of nitriles is 4. The lowest BCUT2D eigenvalue weighted by atomic mass is 10.1. The van der Waals surface area contributed by atoms with Crippen LogP contribution in [0.1, 0.15) is 148 Å². The van der Waals surface area contributed by atoms with Gasteiger partial charge in [0.05, 0.1) is 24.3 Å². The molecule has 0 aliphatic heterocycles. The first-order valence-corrected chi connectivity index (χ1v) is 19.7. The van der Waals surface area contributed by atoms with E-state index in [0.29, 0.717) is 109 Å². The van der Waals surface area contributed by atoms with Crippen molar-refractivity contribution in [2.45, 2.75) is 153 Å². The maximum atomic E-state index is 14.3. The van der Waals surface area contributed by atoms with Gasteiger partial charge in [0.2, 0.25) is 20.0 Å². The third-order valence-electron chi connectivity index (χ3n) is 7.71. The summed E-state index contributed by atoms with van der Waals surface area (Å²) in [4.78, 5) is 0. The quantitative estimate of drug-likeness (QED) is 0.0729. The highest BCUT2D eigenvalue weighted by atomic mass is 32.3. The number of sulfonamides is 2. The molecular formula is C32H56N6O4S2. The van der Waals surface area contributed by atoms with Gasteiger partial charge < -0.3 is 0 Å². The van der Waals surface area contributed by atoms with Crippen LogP contribution in [0.5, 0.6) is 0 Å². The Morgan fingerprint density at radius 3 is 1.05 bits per heavy atom. The number of rotatable bonds is 30. The molecule has 0 aromatic heterocycles. The van der Waals surface area contributed by atoms with Gasteiger partial charge in [-0.25, -0.2) is 25.4 Å². The summed E-state index contributed by atoms with van der Waals surface area (Å²) in [7, 11) is -8.47. The van der Waals surface area contributed by atoms with E-state index in [0.717, 1.165) is 25.7 Å². The maximum Gasteiger partial charge on any atom is 0.232 e. The van der Waals surface area contributed by atoms with Gasteiger partial charge in [-0.05, 0) is 57.8 Å². The molecule has 10 nitrogen and oxygen atoms in total. The summed E-state index contributed by atoms with van der Waals surface area (Å²) in [5.74, 6) is 0. The molecule has 0 spiro atoms. The van der Waals surface area contributed by atoms with Crippen LogP contribution in [0.25, 0.3) is 0 Å². The van der Waals surface area contributed by atoms with Crippen LogP contribution in [0.3, 0.4) is 0 Å². The fourth-order valence-corrected chi connectivity index (χ4v) is 10.2. The Morgan fingerprint density at radius 2 is 0.750 bits per heavy atom. The molecule has 0 bridgehead atoms. The van der Waals surface area contributed by atoms with Crippen LogP contribution in [0.4, 0.5) is 0 Å². The molecule has 0 fully saturated rings. The van der Waals surface area contributed by atoms with Gasteiger partial charge in [0, 0.05) is 51.9 Å². The van der Waals surface area contributed by atoms with Crippen molar-refractivity contribution in [3.05, 3.63) is 0 Å². The van der Waals surface area contributed by atoms with Gasteiger partial charge in [-0.2, -0.15) is 21.0 Å². The molecule has 0 atom stereocenters. The molecule has 0 amide bonds. The Bertz CT molecular complexity index is 987. The smallest absolute Gasteiger partial charge is 0.211 e. The number of hydrogen-bond acceptors (Lipinski definition) is 8. The van der Waals surface area contributed by atoms with Crippen molar-refractivity contribution < 1.29 is 16.8 Å². The predicted octanol–water partition coefficient (Wildman–Crippen LogP) is 7.27. The molecule has 0 saturated carbocycles. The van der Waals surface area contributed by atoms with Crippen LogP contribution in [0.15, 0.2) is 0 Å². The fourth-order valence-electron chi connectivity index (χ4n) is 5.11. The molecule has 12 heteroatoms. The molecule has 0 aliphatic carbocycles. The molecule has 44 heavy (non-hydrogen) atoms. The summed E-state index contributed by atoms with van der Waals surface area (Å²) in [5.41, 5.74) is 0. The van der Waals surface area contributed by atoms with Gasteiger partial charge in [0.1, 0.15) is 0 Å². The van der Waals surface area contributed by atoms with E-state index in [-0.39, 0.29) is 32.6 Å². The van der Waals surface area contributed by atoms with Gasteiger partial charge in [-0.3, -0.25) is 0 Å². The molecule has 0 radical (unpaired) electrons. The van der Waals surface area contributed by atoms with Crippen molar-refractivity contribution in [1.82, 2.24) is 8.61 Å². The van der Waals surface area contributed by atoms with Gasteiger partial charge >= 0.3 is 0 Å². The summed E-state index contributed by atoms with van der Waals surface area (Å²) < 4.78 is 58.4. The van der Waals surface area contributed by atoms with Crippen molar-refractivity contribution in [2.75, 3.05) is 26.2 Å². The SMILES string of the molecule is CCCCCCCC(S(=O)(=O)N(CCCCCC#N)CCCCCC#N)S(=O)(=O)N(CCCCCC#N)CCCCCC#N. The van der Waals surface area contributed by atoms with E-state index in [1.807, 2.05) is 0 Å². The average molecular weight is 653 g/mol. The minimum Gasteiger partial charge on any atom is -0.211 e. The second kappa shape index (κ2) is 27.1. The summed E-state index contributed by atoms with van der Waals surface area (Å²) in [6, 6.07) is 8.44. The molecule has 0 N–H and O–H groups in total. The van der Waals surface area contributed by atoms with E-state index in [1.165, 1.54) is 8.61 Å². The van der Waals surface area contributed by atoms with Crippen molar-refractivity contribution >= 4 is 20.0 Å². The minimum atomic E-state index is -4.23. The summed E-state index contributed by atoms with van der Waals surface area (Å²) >= 11 is 0. The molecule has 0 heterocycles. The van der Waals surface area contributed by atoms with Crippen molar-refractivity contribution in [3.8, 4) is 24.3 Å². The second-order valence-corrected chi connectivity index (χ2v) is 15.9. The Kier molecular flexibility index (Phi) is 25.8. The summed E-state index contributed by atoms with van der Waals surface area (Å²) in [5, 5.41) is 35.5. The highest BCUT2D eigenvalue weighted by molar-refractivity contribution is 8.07. The monoisotopic (exact) mass is 652 g/mol. The molecule has 250 valence electrons. The Hall–Kier alpha value is -2.22. The van der Waals surface area contributed by atoms with Crippen LogP contribution >= 0.6 is 0 Å². The molecular weight excluding hydrogens is 597 g/mol. The third-order valence-corrected chi connectivity index (χ3v) is 13.1. The molecule has 0 saturated heterocycles. The van der Waals surface area contributed by atoms with E-state index >= 15 is 0 Å². The van der Waals surface area contributed by atoms with Crippen molar-refractivity contribution in [1.29, 1.82) is 21.0 Å². The lowest BCUT2D eigenvalue weighted by molar-refractivity contribution is 0.370. The Labute approximate surface area is 269 Å². The minimum absolute atomic E-state index is 0.0348. The van der Waals surface area contributed by atoms with Crippen LogP contribution in [0, 0.1) is 45.3 Å². The largest absolute Gasteiger partial charge is 0.232 e.